The predicted octanol–water partition coefficient (Wildman–Crippen LogP) is 1.08. The van der Waals surface area contributed by atoms with Crippen LogP contribution in [-0.2, 0) is 4.79 Å². The van der Waals surface area contributed by atoms with Gasteiger partial charge in [0.1, 0.15) is 6.29 Å². The molecule has 0 atom stereocenters. The second-order valence-corrected chi connectivity index (χ2v) is 2.86. The number of hydrogen-bond acceptors (Lipinski definition) is 4. The van der Waals surface area contributed by atoms with Crippen molar-refractivity contribution >= 4 is 12.4 Å². The number of allylic oxidation sites excluding steroid dienone is 1. The molecule has 2 aromatic rings. The number of tetrazole rings is 1. The van der Waals surface area contributed by atoms with Gasteiger partial charge in [0.2, 0.25) is 5.82 Å². The standard InChI is InChI=1S/C10H8N4O/c15-6-2-4-8-3-1-5-9(7-8)10-11-13-14-12-10/h1-7H,(H,11,12,13,14)/b4-2+. The number of benzene rings is 1. The first-order chi connectivity index (χ1) is 7.40. The molecule has 0 saturated carbocycles. The molecule has 5 nitrogen and oxygen atoms in total. The van der Waals surface area contributed by atoms with Gasteiger partial charge in [0.25, 0.3) is 0 Å². The van der Waals surface area contributed by atoms with Crippen LogP contribution in [0.1, 0.15) is 5.56 Å². The Hall–Kier alpha value is -2.30. The Bertz CT molecular complexity index is 476. The first kappa shape index (κ1) is 9.26. The van der Waals surface area contributed by atoms with Crippen molar-refractivity contribution in [3.8, 4) is 11.4 Å². The summed E-state index contributed by atoms with van der Waals surface area (Å²) in [5, 5.41) is 13.6. The number of aldehydes is 1. The maximum atomic E-state index is 10.2. The summed E-state index contributed by atoms with van der Waals surface area (Å²) in [6, 6.07) is 7.52. The van der Waals surface area contributed by atoms with Gasteiger partial charge in [-0.05, 0) is 22.9 Å². The number of nitrogens with zero attached hydrogens (tertiary/aromatic N) is 3. The Morgan fingerprint density at radius 2 is 2.27 bits per heavy atom. The lowest BCUT2D eigenvalue weighted by Gasteiger charge is -1.96. The molecule has 1 N–H and O–H groups in total. The van der Waals surface area contributed by atoms with Crippen LogP contribution in [0.25, 0.3) is 17.5 Å². The van der Waals surface area contributed by atoms with Crippen LogP contribution in [0.5, 0.6) is 0 Å². The van der Waals surface area contributed by atoms with Crippen LogP contribution in [0.4, 0.5) is 0 Å². The molecule has 0 saturated heterocycles. The first-order valence-corrected chi connectivity index (χ1v) is 4.36. The Morgan fingerprint density at radius 1 is 1.33 bits per heavy atom. The minimum atomic E-state index is 0.538. The molecule has 0 aliphatic rings. The zero-order valence-electron chi connectivity index (χ0n) is 7.79. The summed E-state index contributed by atoms with van der Waals surface area (Å²) in [5.74, 6) is 0.538. The zero-order chi connectivity index (χ0) is 10.5. The van der Waals surface area contributed by atoms with Gasteiger partial charge in [-0.1, -0.05) is 24.3 Å². The average Bonchev–Trinajstić information content (AvgIpc) is 2.80. The quantitative estimate of drug-likeness (QED) is 0.594. The van der Waals surface area contributed by atoms with E-state index in [-0.39, 0.29) is 0 Å². The fourth-order valence-corrected chi connectivity index (χ4v) is 1.22. The van der Waals surface area contributed by atoms with Gasteiger partial charge < -0.3 is 0 Å². The molecule has 0 unspecified atom stereocenters. The molecule has 0 spiro atoms. The summed E-state index contributed by atoms with van der Waals surface area (Å²) >= 11 is 0. The molecule has 0 fully saturated rings. The smallest absolute Gasteiger partial charge is 0.204 e. The van der Waals surface area contributed by atoms with Gasteiger partial charge in [-0.3, -0.25) is 4.79 Å². The number of carbonyl (C=O) groups is 1. The van der Waals surface area contributed by atoms with Crippen molar-refractivity contribution in [3.63, 3.8) is 0 Å². The van der Waals surface area contributed by atoms with Gasteiger partial charge in [-0.15, -0.1) is 10.2 Å². The van der Waals surface area contributed by atoms with Crippen LogP contribution in [0.2, 0.25) is 0 Å². The van der Waals surface area contributed by atoms with Crippen molar-refractivity contribution < 1.29 is 4.79 Å². The Balaban J connectivity index is 2.34. The van der Waals surface area contributed by atoms with E-state index < -0.39 is 0 Å². The fourth-order valence-electron chi connectivity index (χ4n) is 1.22. The minimum absolute atomic E-state index is 0.538. The van der Waals surface area contributed by atoms with Crippen LogP contribution in [0, 0.1) is 0 Å². The fraction of sp³-hybridized carbons (Fsp3) is 0. The molecule has 0 radical (unpaired) electrons. The van der Waals surface area contributed by atoms with Crippen LogP contribution in [0.15, 0.2) is 30.3 Å². The second kappa shape index (κ2) is 4.28. The van der Waals surface area contributed by atoms with Gasteiger partial charge in [0.15, 0.2) is 0 Å². The summed E-state index contributed by atoms with van der Waals surface area (Å²) in [5.41, 5.74) is 1.78. The molecular formula is C10H8N4O. The number of hydrogen-bond donors (Lipinski definition) is 1. The van der Waals surface area contributed by atoms with E-state index in [4.69, 9.17) is 0 Å². The molecule has 1 heterocycles. The highest BCUT2D eigenvalue weighted by atomic mass is 16.1. The Labute approximate surface area is 85.8 Å². The van der Waals surface area contributed by atoms with Crippen LogP contribution in [0.3, 0.4) is 0 Å². The van der Waals surface area contributed by atoms with Gasteiger partial charge in [0.05, 0.1) is 0 Å². The average molecular weight is 200 g/mol. The van der Waals surface area contributed by atoms with Gasteiger partial charge >= 0.3 is 0 Å². The van der Waals surface area contributed by atoms with Gasteiger partial charge in [0, 0.05) is 5.56 Å². The molecule has 0 bridgehead atoms. The van der Waals surface area contributed by atoms with E-state index in [1.807, 2.05) is 24.3 Å². The highest BCUT2D eigenvalue weighted by Crippen LogP contribution is 2.15. The number of H-pyrrole nitrogens is 1. The molecule has 1 aromatic heterocycles. The molecule has 15 heavy (non-hydrogen) atoms. The van der Waals surface area contributed by atoms with E-state index in [0.29, 0.717) is 5.82 Å². The molecule has 0 amide bonds. The molecule has 5 heteroatoms. The molecule has 1 aromatic carbocycles. The predicted molar refractivity (Wildman–Crippen MR) is 54.7 cm³/mol. The summed E-state index contributed by atoms with van der Waals surface area (Å²) in [4.78, 5) is 10.2. The second-order valence-electron chi connectivity index (χ2n) is 2.86. The maximum absolute atomic E-state index is 10.2. The van der Waals surface area contributed by atoms with Crippen molar-refractivity contribution in [2.24, 2.45) is 0 Å². The van der Waals surface area contributed by atoms with Gasteiger partial charge in [-0.2, -0.15) is 5.21 Å². The zero-order valence-corrected chi connectivity index (χ0v) is 7.79. The molecular weight excluding hydrogens is 192 g/mol. The van der Waals surface area contributed by atoms with E-state index in [2.05, 4.69) is 20.6 Å². The highest BCUT2D eigenvalue weighted by Gasteiger charge is 2.01. The normalized spacial score (nSPS) is 10.7. The SMILES string of the molecule is O=C/C=C/c1cccc(-c2nn[nH]n2)c1. The number of rotatable bonds is 3. The minimum Gasteiger partial charge on any atom is -0.299 e. The molecule has 0 aliphatic carbocycles. The Kier molecular flexibility index (Phi) is 2.64. The van der Waals surface area contributed by atoms with Crippen molar-refractivity contribution in [2.75, 3.05) is 0 Å². The first-order valence-electron chi connectivity index (χ1n) is 4.36. The molecule has 2 rings (SSSR count). The van der Waals surface area contributed by atoms with E-state index in [0.717, 1.165) is 17.4 Å². The summed E-state index contributed by atoms with van der Waals surface area (Å²) in [6.07, 6.45) is 3.90. The monoisotopic (exact) mass is 200 g/mol. The Morgan fingerprint density at radius 3 is 3.00 bits per heavy atom. The van der Waals surface area contributed by atoms with E-state index in [1.54, 1.807) is 6.08 Å². The largest absolute Gasteiger partial charge is 0.299 e. The number of carbonyl (C=O) groups excluding carboxylic acids is 1. The van der Waals surface area contributed by atoms with E-state index in [9.17, 15) is 4.79 Å². The van der Waals surface area contributed by atoms with Crippen molar-refractivity contribution in [2.45, 2.75) is 0 Å². The highest BCUT2D eigenvalue weighted by molar-refractivity contribution is 5.74. The number of aromatic nitrogens is 4. The third kappa shape index (κ3) is 2.14. The van der Waals surface area contributed by atoms with Crippen molar-refractivity contribution in [3.05, 3.63) is 35.9 Å². The van der Waals surface area contributed by atoms with E-state index >= 15 is 0 Å². The lowest BCUT2D eigenvalue weighted by molar-refractivity contribution is -0.104. The van der Waals surface area contributed by atoms with Crippen molar-refractivity contribution in [1.29, 1.82) is 0 Å². The molecule has 0 aliphatic heterocycles. The maximum Gasteiger partial charge on any atom is 0.204 e. The third-order valence-corrected chi connectivity index (χ3v) is 1.86. The third-order valence-electron chi connectivity index (χ3n) is 1.86. The summed E-state index contributed by atoms with van der Waals surface area (Å²) < 4.78 is 0. The topological polar surface area (TPSA) is 71.5 Å². The van der Waals surface area contributed by atoms with Crippen LogP contribution < -0.4 is 0 Å². The number of aromatic amines is 1. The summed E-state index contributed by atoms with van der Waals surface area (Å²) in [6.45, 7) is 0. The lowest BCUT2D eigenvalue weighted by Crippen LogP contribution is -1.82. The van der Waals surface area contributed by atoms with Crippen LogP contribution >= 0.6 is 0 Å². The van der Waals surface area contributed by atoms with Gasteiger partial charge in [-0.25, -0.2) is 0 Å². The van der Waals surface area contributed by atoms with E-state index in [1.165, 1.54) is 6.08 Å². The molecule has 74 valence electrons. The number of nitrogens with one attached hydrogen (secondary N) is 1. The summed E-state index contributed by atoms with van der Waals surface area (Å²) in [7, 11) is 0. The van der Waals surface area contributed by atoms with Crippen LogP contribution in [-0.4, -0.2) is 26.9 Å². The lowest BCUT2D eigenvalue weighted by atomic mass is 10.1. The van der Waals surface area contributed by atoms with Crippen molar-refractivity contribution in [1.82, 2.24) is 20.6 Å².